The summed E-state index contributed by atoms with van der Waals surface area (Å²) in [6, 6.07) is 19.0. The van der Waals surface area contributed by atoms with Crippen molar-refractivity contribution in [3.05, 3.63) is 60.2 Å². The molecule has 2 heterocycles. The lowest BCUT2D eigenvalue weighted by atomic mass is 9.98. The Morgan fingerprint density at radius 3 is 2.08 bits per heavy atom. The van der Waals surface area contributed by atoms with Gasteiger partial charge >= 0.3 is 0 Å². The Bertz CT molecular complexity index is 696. The Kier molecular flexibility index (Phi) is 4.11. The summed E-state index contributed by atoms with van der Waals surface area (Å²) in [6.07, 6.45) is 4.48. The Labute approximate surface area is 143 Å². The number of methoxy groups -OCH3 is 1. The molecule has 0 aromatic heterocycles. The van der Waals surface area contributed by atoms with Gasteiger partial charge in [0.15, 0.2) is 0 Å². The minimum absolute atomic E-state index is 0.177. The molecule has 0 aliphatic carbocycles. The number of benzene rings is 2. The summed E-state index contributed by atoms with van der Waals surface area (Å²) in [6.45, 7) is 0. The van der Waals surface area contributed by atoms with E-state index in [4.69, 9.17) is 4.74 Å². The quantitative estimate of drug-likeness (QED) is 0.850. The molecule has 0 saturated carbocycles. The fourth-order valence-electron chi connectivity index (χ4n) is 4.24. The zero-order chi connectivity index (χ0) is 16.5. The van der Waals surface area contributed by atoms with Gasteiger partial charge in [0, 0.05) is 24.8 Å². The van der Waals surface area contributed by atoms with Crippen molar-refractivity contribution in [2.24, 2.45) is 0 Å². The summed E-state index contributed by atoms with van der Waals surface area (Å²) in [5.41, 5.74) is 3.12. The fraction of sp³-hybridized carbons (Fsp3) is 0.381. The van der Waals surface area contributed by atoms with Crippen LogP contribution in [0.3, 0.4) is 0 Å². The van der Waals surface area contributed by atoms with E-state index in [2.05, 4.69) is 17.0 Å². The van der Waals surface area contributed by atoms with E-state index in [1.54, 1.807) is 7.11 Å². The minimum atomic E-state index is 0.177. The molecule has 2 saturated heterocycles. The van der Waals surface area contributed by atoms with Gasteiger partial charge in [0.05, 0.1) is 6.10 Å². The number of rotatable bonds is 3. The lowest BCUT2D eigenvalue weighted by Gasteiger charge is -2.38. The van der Waals surface area contributed by atoms with E-state index in [0.29, 0.717) is 18.2 Å². The lowest BCUT2D eigenvalue weighted by Crippen LogP contribution is -2.48. The molecular weight excluding hydrogens is 298 g/mol. The van der Waals surface area contributed by atoms with Gasteiger partial charge in [0.2, 0.25) is 0 Å². The number of nitrogens with zero attached hydrogens (tertiary/aromatic N) is 1. The van der Waals surface area contributed by atoms with Crippen molar-refractivity contribution in [1.29, 1.82) is 0 Å². The summed E-state index contributed by atoms with van der Waals surface area (Å²) in [5, 5.41) is 0. The van der Waals surface area contributed by atoms with Gasteiger partial charge in [-0.25, -0.2) is 0 Å². The van der Waals surface area contributed by atoms with Crippen molar-refractivity contribution in [2.75, 3.05) is 7.11 Å². The number of carbonyl (C=O) groups excluding carboxylic acids is 1. The molecule has 2 aromatic rings. The molecule has 0 radical (unpaired) electrons. The summed E-state index contributed by atoms with van der Waals surface area (Å²) < 4.78 is 5.53. The van der Waals surface area contributed by atoms with Crippen molar-refractivity contribution < 1.29 is 9.53 Å². The number of carbonyl (C=O) groups is 1. The number of hydrogen-bond donors (Lipinski definition) is 0. The third-order valence-electron chi connectivity index (χ3n) is 5.50. The standard InChI is InChI=1S/C21H23NO2/c1-24-20-13-18-11-12-19(14-20)22(18)21(23)17-9-7-16(8-10-17)15-5-3-2-4-6-15/h2-10,18-20H,11-14H2,1H3. The molecule has 2 unspecified atom stereocenters. The average molecular weight is 321 g/mol. The van der Waals surface area contributed by atoms with E-state index < -0.39 is 0 Å². The minimum Gasteiger partial charge on any atom is -0.381 e. The zero-order valence-corrected chi connectivity index (χ0v) is 14.0. The SMILES string of the molecule is COC1CC2CCC(C1)N2C(=O)c1ccc(-c2ccccc2)cc1. The highest BCUT2D eigenvalue weighted by Crippen LogP contribution is 2.37. The van der Waals surface area contributed by atoms with Crippen LogP contribution < -0.4 is 0 Å². The normalized spacial score (nSPS) is 25.7. The molecule has 0 spiro atoms. The predicted molar refractivity (Wildman–Crippen MR) is 94.9 cm³/mol. The van der Waals surface area contributed by atoms with Crippen molar-refractivity contribution >= 4 is 5.91 Å². The number of ether oxygens (including phenoxy) is 1. The van der Waals surface area contributed by atoms with Crippen LogP contribution in [0.5, 0.6) is 0 Å². The van der Waals surface area contributed by atoms with Crippen LogP contribution in [0.1, 0.15) is 36.0 Å². The third kappa shape index (κ3) is 2.73. The average Bonchev–Trinajstić information content (AvgIpc) is 2.91. The maximum atomic E-state index is 13.0. The van der Waals surface area contributed by atoms with Crippen LogP contribution >= 0.6 is 0 Å². The molecule has 2 atom stereocenters. The van der Waals surface area contributed by atoms with Crippen LogP contribution in [0, 0.1) is 0 Å². The highest BCUT2D eigenvalue weighted by molar-refractivity contribution is 5.95. The molecule has 1 amide bonds. The second-order valence-electron chi connectivity index (χ2n) is 6.87. The van der Waals surface area contributed by atoms with E-state index in [1.165, 1.54) is 5.56 Å². The van der Waals surface area contributed by atoms with E-state index >= 15 is 0 Å². The van der Waals surface area contributed by atoms with Gasteiger partial charge in [-0.3, -0.25) is 4.79 Å². The van der Waals surface area contributed by atoms with Crippen molar-refractivity contribution in [2.45, 2.75) is 43.9 Å². The Morgan fingerprint density at radius 1 is 0.917 bits per heavy atom. The Morgan fingerprint density at radius 2 is 1.50 bits per heavy atom. The highest BCUT2D eigenvalue weighted by Gasteiger charge is 2.43. The van der Waals surface area contributed by atoms with Crippen LogP contribution in [0.15, 0.2) is 54.6 Å². The molecule has 2 fully saturated rings. The van der Waals surface area contributed by atoms with Crippen LogP contribution in [-0.4, -0.2) is 36.1 Å². The van der Waals surface area contributed by atoms with E-state index in [1.807, 2.05) is 42.5 Å². The topological polar surface area (TPSA) is 29.5 Å². The predicted octanol–water partition coefficient (Wildman–Crippen LogP) is 4.14. The van der Waals surface area contributed by atoms with Crippen molar-refractivity contribution in [3.8, 4) is 11.1 Å². The van der Waals surface area contributed by atoms with Gasteiger partial charge in [0.1, 0.15) is 0 Å². The Balaban J connectivity index is 1.53. The number of hydrogen-bond acceptors (Lipinski definition) is 2. The molecular formula is C21H23NO2. The molecule has 0 N–H and O–H groups in total. The third-order valence-corrected chi connectivity index (χ3v) is 5.50. The van der Waals surface area contributed by atoms with Gasteiger partial charge in [0.25, 0.3) is 5.91 Å². The monoisotopic (exact) mass is 321 g/mol. The number of piperidine rings is 1. The first kappa shape index (κ1) is 15.4. The van der Waals surface area contributed by atoms with Crippen LogP contribution in [-0.2, 0) is 4.74 Å². The lowest BCUT2D eigenvalue weighted by molar-refractivity contribution is 0.00822. The first-order chi connectivity index (χ1) is 11.8. The van der Waals surface area contributed by atoms with E-state index in [9.17, 15) is 4.79 Å². The summed E-state index contributed by atoms with van der Waals surface area (Å²) in [5.74, 6) is 0.177. The fourth-order valence-corrected chi connectivity index (χ4v) is 4.24. The van der Waals surface area contributed by atoms with Gasteiger partial charge in [-0.2, -0.15) is 0 Å². The van der Waals surface area contributed by atoms with Gasteiger partial charge in [-0.05, 0) is 48.9 Å². The first-order valence-electron chi connectivity index (χ1n) is 8.77. The van der Waals surface area contributed by atoms with Gasteiger partial charge in [-0.1, -0.05) is 42.5 Å². The maximum Gasteiger partial charge on any atom is 0.254 e. The Hall–Kier alpha value is -2.13. The van der Waals surface area contributed by atoms with Gasteiger partial charge < -0.3 is 9.64 Å². The van der Waals surface area contributed by atoms with Gasteiger partial charge in [-0.15, -0.1) is 0 Å². The summed E-state index contributed by atoms with van der Waals surface area (Å²) in [7, 11) is 1.78. The zero-order valence-electron chi connectivity index (χ0n) is 14.0. The molecule has 124 valence electrons. The molecule has 3 heteroatoms. The second kappa shape index (κ2) is 6.40. The van der Waals surface area contributed by atoms with Crippen LogP contribution in [0.4, 0.5) is 0 Å². The van der Waals surface area contributed by atoms with Crippen LogP contribution in [0.25, 0.3) is 11.1 Å². The van der Waals surface area contributed by atoms with E-state index in [0.717, 1.165) is 36.8 Å². The molecule has 2 bridgehead atoms. The molecule has 2 aliphatic rings. The molecule has 24 heavy (non-hydrogen) atoms. The summed E-state index contributed by atoms with van der Waals surface area (Å²) >= 11 is 0. The molecule has 4 rings (SSSR count). The van der Waals surface area contributed by atoms with Crippen molar-refractivity contribution in [3.63, 3.8) is 0 Å². The number of fused-ring (bicyclic) bond motifs is 2. The molecule has 2 aromatic carbocycles. The maximum absolute atomic E-state index is 13.0. The number of amides is 1. The molecule has 3 nitrogen and oxygen atoms in total. The van der Waals surface area contributed by atoms with Crippen molar-refractivity contribution in [1.82, 2.24) is 4.90 Å². The summed E-state index contributed by atoms with van der Waals surface area (Å²) in [4.78, 5) is 15.1. The van der Waals surface area contributed by atoms with E-state index in [-0.39, 0.29) is 5.91 Å². The highest BCUT2D eigenvalue weighted by atomic mass is 16.5. The second-order valence-corrected chi connectivity index (χ2v) is 6.87. The largest absolute Gasteiger partial charge is 0.381 e. The molecule has 2 aliphatic heterocycles. The van der Waals surface area contributed by atoms with Crippen LogP contribution in [0.2, 0.25) is 0 Å². The smallest absolute Gasteiger partial charge is 0.254 e. The first-order valence-corrected chi connectivity index (χ1v) is 8.77.